The molecule has 1 aliphatic heterocycles. The molecule has 0 atom stereocenters. The number of rotatable bonds is 7. The summed E-state index contributed by atoms with van der Waals surface area (Å²) in [6.07, 6.45) is 1.27. The fourth-order valence-electron chi connectivity index (χ4n) is 2.65. The summed E-state index contributed by atoms with van der Waals surface area (Å²) in [4.78, 5) is 26.4. The Morgan fingerprint density at radius 2 is 2.11 bits per heavy atom. The Balaban J connectivity index is 1.52. The van der Waals surface area contributed by atoms with Crippen molar-refractivity contribution < 1.29 is 18.7 Å². The van der Waals surface area contributed by atoms with Crippen LogP contribution in [0.2, 0.25) is 0 Å². The molecule has 0 spiro atoms. The number of carbonyl (C=O) groups is 1. The molecule has 1 aromatic carbocycles. The highest BCUT2D eigenvalue weighted by atomic mass is 32.2. The maximum Gasteiger partial charge on any atom is 0.262 e. The molecule has 1 N–H and O–H groups in total. The predicted octanol–water partition coefficient (Wildman–Crippen LogP) is 2.21. The molecular formula is C19H22N2O5S. The number of hydrogen-bond acceptors (Lipinski definition) is 7. The van der Waals surface area contributed by atoms with Crippen molar-refractivity contribution in [2.45, 2.75) is 6.54 Å². The lowest BCUT2D eigenvalue weighted by molar-refractivity contribution is -0.118. The van der Waals surface area contributed by atoms with Gasteiger partial charge in [-0.05, 0) is 12.1 Å². The summed E-state index contributed by atoms with van der Waals surface area (Å²) < 4.78 is 15.9. The van der Waals surface area contributed by atoms with Gasteiger partial charge >= 0.3 is 0 Å². The quantitative estimate of drug-likeness (QED) is 0.776. The summed E-state index contributed by atoms with van der Waals surface area (Å²) in [6, 6.07) is 8.41. The third-order valence-corrected chi connectivity index (χ3v) is 4.99. The summed E-state index contributed by atoms with van der Waals surface area (Å²) in [7, 11) is 1.55. The minimum atomic E-state index is -0.377. The first-order valence-electron chi connectivity index (χ1n) is 8.62. The molecule has 1 aromatic heterocycles. The van der Waals surface area contributed by atoms with Gasteiger partial charge in [-0.1, -0.05) is 6.07 Å². The molecule has 1 fully saturated rings. The van der Waals surface area contributed by atoms with Crippen LogP contribution >= 0.6 is 11.8 Å². The molecule has 1 amide bonds. The summed E-state index contributed by atoms with van der Waals surface area (Å²) in [5.41, 5.74) is 0.293. The molecule has 1 saturated heterocycles. The summed E-state index contributed by atoms with van der Waals surface area (Å²) in [5.74, 6) is 3.06. The lowest BCUT2D eigenvalue weighted by atomic mass is 10.3. The van der Waals surface area contributed by atoms with Crippen molar-refractivity contribution in [3.63, 3.8) is 0 Å². The third-order valence-electron chi connectivity index (χ3n) is 4.05. The molecule has 0 unspecified atom stereocenters. The second-order valence-corrected chi connectivity index (χ2v) is 7.26. The number of amides is 1. The van der Waals surface area contributed by atoms with Gasteiger partial charge in [-0.3, -0.25) is 14.5 Å². The van der Waals surface area contributed by atoms with E-state index in [1.807, 2.05) is 11.8 Å². The average Bonchev–Trinajstić information content (AvgIpc) is 2.68. The van der Waals surface area contributed by atoms with Gasteiger partial charge in [-0.2, -0.15) is 11.8 Å². The van der Waals surface area contributed by atoms with Crippen LogP contribution in [-0.2, 0) is 11.3 Å². The van der Waals surface area contributed by atoms with Crippen molar-refractivity contribution >= 4 is 23.4 Å². The second-order valence-electron chi connectivity index (χ2n) is 6.03. The zero-order chi connectivity index (χ0) is 19.1. The van der Waals surface area contributed by atoms with Gasteiger partial charge in [0.1, 0.15) is 17.8 Å². The molecule has 2 aromatic rings. The molecule has 3 rings (SSSR count). The van der Waals surface area contributed by atoms with Gasteiger partial charge in [0.2, 0.25) is 11.2 Å². The molecule has 7 nitrogen and oxygen atoms in total. The SMILES string of the molecule is COc1cccc(NC(=O)COc2coc(CN3CCSCC3)cc2=O)c1. The van der Waals surface area contributed by atoms with Crippen LogP contribution in [0.4, 0.5) is 5.69 Å². The fraction of sp³-hybridized carbons (Fsp3) is 0.368. The molecule has 0 saturated carbocycles. The monoisotopic (exact) mass is 390 g/mol. The second kappa shape index (κ2) is 9.48. The summed E-state index contributed by atoms with van der Waals surface area (Å²) in [6.45, 7) is 2.28. The summed E-state index contributed by atoms with van der Waals surface area (Å²) >= 11 is 1.93. The smallest absolute Gasteiger partial charge is 0.262 e. The lowest BCUT2D eigenvalue weighted by Gasteiger charge is -2.25. The minimum absolute atomic E-state index is 0.0220. The normalized spacial score (nSPS) is 14.6. The van der Waals surface area contributed by atoms with Gasteiger partial charge in [-0.15, -0.1) is 0 Å². The van der Waals surface area contributed by atoms with E-state index in [4.69, 9.17) is 13.9 Å². The molecular weight excluding hydrogens is 368 g/mol. The number of nitrogens with zero attached hydrogens (tertiary/aromatic N) is 1. The molecule has 8 heteroatoms. The van der Waals surface area contributed by atoms with E-state index >= 15 is 0 Å². The first-order valence-corrected chi connectivity index (χ1v) is 9.78. The highest BCUT2D eigenvalue weighted by Crippen LogP contribution is 2.17. The van der Waals surface area contributed by atoms with Crippen LogP contribution < -0.4 is 20.2 Å². The van der Waals surface area contributed by atoms with E-state index in [2.05, 4.69) is 10.2 Å². The third kappa shape index (κ3) is 5.77. The largest absolute Gasteiger partial charge is 0.497 e. The molecule has 27 heavy (non-hydrogen) atoms. The number of thioether (sulfide) groups is 1. The van der Waals surface area contributed by atoms with Crippen molar-refractivity contribution in [1.82, 2.24) is 4.90 Å². The van der Waals surface area contributed by atoms with Crippen LogP contribution in [0.1, 0.15) is 5.76 Å². The molecule has 0 aliphatic carbocycles. The van der Waals surface area contributed by atoms with Crippen LogP contribution in [0.3, 0.4) is 0 Å². The maximum atomic E-state index is 12.2. The topological polar surface area (TPSA) is 81.0 Å². The fourth-order valence-corrected chi connectivity index (χ4v) is 3.63. The number of nitrogens with one attached hydrogen (secondary N) is 1. The van der Waals surface area contributed by atoms with E-state index in [9.17, 15) is 9.59 Å². The van der Waals surface area contributed by atoms with Gasteiger partial charge in [0, 0.05) is 42.4 Å². The maximum absolute atomic E-state index is 12.2. The molecule has 2 heterocycles. The number of ether oxygens (including phenoxy) is 2. The van der Waals surface area contributed by atoms with Gasteiger partial charge in [0.15, 0.2) is 6.61 Å². The number of anilines is 1. The molecule has 0 radical (unpaired) electrons. The van der Waals surface area contributed by atoms with Crippen LogP contribution in [0.5, 0.6) is 11.5 Å². The van der Waals surface area contributed by atoms with E-state index in [-0.39, 0.29) is 23.7 Å². The van der Waals surface area contributed by atoms with Crippen molar-refractivity contribution in [2.75, 3.05) is 43.6 Å². The van der Waals surface area contributed by atoms with E-state index < -0.39 is 0 Å². The number of carbonyl (C=O) groups excluding carboxylic acids is 1. The zero-order valence-electron chi connectivity index (χ0n) is 15.1. The standard InChI is InChI=1S/C19H22N2O5S/c1-24-15-4-2-3-14(9-15)20-19(23)13-26-18-12-25-16(10-17(18)22)11-21-5-7-27-8-6-21/h2-4,9-10,12H,5-8,11,13H2,1H3,(H,20,23). The van der Waals surface area contributed by atoms with Gasteiger partial charge in [0.05, 0.1) is 13.7 Å². The van der Waals surface area contributed by atoms with Crippen molar-refractivity contribution in [2.24, 2.45) is 0 Å². The highest BCUT2D eigenvalue weighted by Gasteiger charge is 2.14. The Hall–Kier alpha value is -2.45. The molecule has 1 aliphatic rings. The average molecular weight is 390 g/mol. The summed E-state index contributed by atoms with van der Waals surface area (Å²) in [5, 5.41) is 2.69. The van der Waals surface area contributed by atoms with E-state index in [1.165, 1.54) is 12.3 Å². The Kier molecular flexibility index (Phi) is 6.78. The van der Waals surface area contributed by atoms with Crippen LogP contribution in [-0.4, -0.2) is 49.1 Å². The number of methoxy groups -OCH3 is 1. The Labute approximate surface area is 161 Å². The molecule has 144 valence electrons. The number of benzene rings is 1. The van der Waals surface area contributed by atoms with E-state index in [0.717, 1.165) is 24.6 Å². The Morgan fingerprint density at radius 3 is 2.85 bits per heavy atom. The number of hydrogen-bond donors (Lipinski definition) is 1. The van der Waals surface area contributed by atoms with Crippen molar-refractivity contribution in [3.05, 3.63) is 52.6 Å². The van der Waals surface area contributed by atoms with E-state index in [0.29, 0.717) is 23.7 Å². The van der Waals surface area contributed by atoms with Gasteiger partial charge in [0.25, 0.3) is 5.91 Å². The zero-order valence-corrected chi connectivity index (χ0v) is 15.9. The Morgan fingerprint density at radius 1 is 1.30 bits per heavy atom. The van der Waals surface area contributed by atoms with Crippen molar-refractivity contribution in [3.8, 4) is 11.5 Å². The first-order chi connectivity index (χ1) is 13.1. The molecule has 0 bridgehead atoms. The highest BCUT2D eigenvalue weighted by molar-refractivity contribution is 7.99. The minimum Gasteiger partial charge on any atom is -0.497 e. The van der Waals surface area contributed by atoms with E-state index in [1.54, 1.807) is 31.4 Å². The van der Waals surface area contributed by atoms with Crippen LogP contribution in [0, 0.1) is 0 Å². The van der Waals surface area contributed by atoms with Crippen LogP contribution in [0.15, 0.2) is 45.8 Å². The van der Waals surface area contributed by atoms with Gasteiger partial charge < -0.3 is 19.2 Å². The van der Waals surface area contributed by atoms with Crippen LogP contribution in [0.25, 0.3) is 0 Å². The predicted molar refractivity (Wildman–Crippen MR) is 105 cm³/mol. The lowest BCUT2D eigenvalue weighted by Crippen LogP contribution is -2.32. The first kappa shape index (κ1) is 19.3. The van der Waals surface area contributed by atoms with Gasteiger partial charge in [-0.25, -0.2) is 0 Å². The Bertz CT molecular complexity index is 833. The van der Waals surface area contributed by atoms with Crippen molar-refractivity contribution in [1.29, 1.82) is 0 Å².